The second-order valence-electron chi connectivity index (χ2n) is 9.07. The fourth-order valence-electron chi connectivity index (χ4n) is 4.89. The summed E-state index contributed by atoms with van der Waals surface area (Å²) < 4.78 is 6.90. The van der Waals surface area contributed by atoms with Crippen LogP contribution >= 0.6 is 0 Å². The molecule has 4 rings (SSSR count). The van der Waals surface area contributed by atoms with Crippen molar-refractivity contribution in [2.24, 2.45) is 0 Å². The molecule has 1 aromatic heterocycles. The fraction of sp³-hybridized carbons (Fsp3) is 0.444. The summed E-state index contributed by atoms with van der Waals surface area (Å²) in [4.78, 5) is 32.8. The first kappa shape index (κ1) is 24.0. The van der Waals surface area contributed by atoms with E-state index in [1.165, 1.54) is 13.5 Å². The topological polar surface area (TPSA) is 76.5 Å². The number of rotatable bonds is 9. The maximum absolute atomic E-state index is 13.8. The van der Waals surface area contributed by atoms with Crippen molar-refractivity contribution >= 4 is 22.8 Å². The zero-order valence-corrected chi connectivity index (χ0v) is 20.1. The van der Waals surface area contributed by atoms with Crippen LogP contribution in [0.2, 0.25) is 0 Å². The van der Waals surface area contributed by atoms with Gasteiger partial charge in [-0.1, -0.05) is 61.7 Å². The average Bonchev–Trinajstić information content (AvgIpc) is 3.22. The number of fused-ring (bicyclic) bond motifs is 1. The van der Waals surface area contributed by atoms with Gasteiger partial charge in [0.2, 0.25) is 11.8 Å². The molecular weight excluding hydrogens is 428 g/mol. The summed E-state index contributed by atoms with van der Waals surface area (Å²) in [5.74, 6) is 0.533. The molecule has 7 nitrogen and oxygen atoms in total. The molecule has 0 saturated heterocycles. The van der Waals surface area contributed by atoms with Crippen LogP contribution in [-0.2, 0) is 27.4 Å². The van der Waals surface area contributed by atoms with Crippen LogP contribution in [0.5, 0.6) is 0 Å². The molecule has 1 unspecified atom stereocenters. The van der Waals surface area contributed by atoms with E-state index in [0.717, 1.165) is 42.3 Å². The maximum atomic E-state index is 13.8. The number of nitrogens with one attached hydrogen (secondary N) is 1. The smallest absolute Gasteiger partial charge is 0.246 e. The fourth-order valence-corrected chi connectivity index (χ4v) is 4.89. The van der Waals surface area contributed by atoms with E-state index in [-0.39, 0.29) is 37.0 Å². The minimum Gasteiger partial charge on any atom is -0.375 e. The Morgan fingerprint density at radius 3 is 2.53 bits per heavy atom. The van der Waals surface area contributed by atoms with Crippen LogP contribution < -0.4 is 5.32 Å². The molecule has 3 aromatic rings. The number of hydrogen-bond acceptors (Lipinski definition) is 4. The Labute approximate surface area is 201 Å². The van der Waals surface area contributed by atoms with Crippen LogP contribution in [0.25, 0.3) is 11.0 Å². The first-order chi connectivity index (χ1) is 16.6. The second kappa shape index (κ2) is 11.3. The standard InChI is InChI=1S/C27H34N4O3/c1-20(28-25(32)19-34-2)27-29-23-15-9-10-16-24(23)31(27)18-26(33)30(22-13-7-4-8-14-22)17-21-11-5-3-6-12-21/h3,5-6,9-12,15-16,20,22H,4,7-8,13-14,17-19H2,1-2H3,(H,28,32). The summed E-state index contributed by atoms with van der Waals surface area (Å²) in [5, 5.41) is 2.93. The van der Waals surface area contributed by atoms with Crippen molar-refractivity contribution in [3.05, 3.63) is 66.0 Å². The Balaban J connectivity index is 1.63. The molecule has 34 heavy (non-hydrogen) atoms. The number of amides is 2. The monoisotopic (exact) mass is 462 g/mol. The Kier molecular flexibility index (Phi) is 7.95. The molecule has 180 valence electrons. The first-order valence-corrected chi connectivity index (χ1v) is 12.1. The number of carbonyl (C=O) groups excluding carboxylic acids is 2. The third-order valence-corrected chi connectivity index (χ3v) is 6.55. The van der Waals surface area contributed by atoms with Gasteiger partial charge in [0.15, 0.2) is 0 Å². The number of aromatic nitrogens is 2. The normalized spacial score (nSPS) is 15.2. The Morgan fingerprint density at radius 2 is 1.79 bits per heavy atom. The van der Waals surface area contributed by atoms with Crippen molar-refractivity contribution in [2.75, 3.05) is 13.7 Å². The molecule has 7 heteroatoms. The minimum absolute atomic E-state index is 0.0178. The molecule has 1 aliphatic carbocycles. The van der Waals surface area contributed by atoms with E-state index in [2.05, 4.69) is 22.3 Å². The second-order valence-corrected chi connectivity index (χ2v) is 9.07. The van der Waals surface area contributed by atoms with Crippen molar-refractivity contribution in [2.45, 2.75) is 64.2 Å². The lowest BCUT2D eigenvalue weighted by Crippen LogP contribution is -2.43. The molecule has 1 atom stereocenters. The van der Waals surface area contributed by atoms with E-state index < -0.39 is 0 Å². The molecule has 1 saturated carbocycles. The highest BCUT2D eigenvalue weighted by Crippen LogP contribution is 2.26. The molecule has 1 fully saturated rings. The van der Waals surface area contributed by atoms with E-state index >= 15 is 0 Å². The lowest BCUT2D eigenvalue weighted by molar-refractivity contribution is -0.135. The first-order valence-electron chi connectivity index (χ1n) is 12.1. The number of ether oxygens (including phenoxy) is 1. The van der Waals surface area contributed by atoms with Gasteiger partial charge in [0.05, 0.1) is 17.1 Å². The molecule has 2 amide bonds. The van der Waals surface area contributed by atoms with Crippen LogP contribution in [-0.4, -0.2) is 46.0 Å². The van der Waals surface area contributed by atoms with E-state index in [9.17, 15) is 9.59 Å². The van der Waals surface area contributed by atoms with Crippen molar-refractivity contribution in [1.29, 1.82) is 0 Å². The van der Waals surface area contributed by atoms with Gasteiger partial charge in [-0.15, -0.1) is 0 Å². The third-order valence-electron chi connectivity index (χ3n) is 6.55. The molecule has 0 aliphatic heterocycles. The molecule has 1 N–H and O–H groups in total. The minimum atomic E-state index is -0.361. The van der Waals surface area contributed by atoms with Crippen LogP contribution in [0.3, 0.4) is 0 Å². The predicted molar refractivity (Wildman–Crippen MR) is 132 cm³/mol. The Bertz CT molecular complexity index is 1110. The molecule has 1 heterocycles. The van der Waals surface area contributed by atoms with Gasteiger partial charge in [0.25, 0.3) is 0 Å². The molecule has 0 radical (unpaired) electrons. The van der Waals surface area contributed by atoms with Gasteiger partial charge in [-0.3, -0.25) is 9.59 Å². The summed E-state index contributed by atoms with van der Waals surface area (Å²) in [5.41, 5.74) is 2.84. The number of benzene rings is 2. The average molecular weight is 463 g/mol. The molecule has 1 aliphatic rings. The van der Waals surface area contributed by atoms with Crippen molar-refractivity contribution in [3.8, 4) is 0 Å². The molecule has 0 spiro atoms. The van der Waals surface area contributed by atoms with E-state index in [4.69, 9.17) is 9.72 Å². The largest absolute Gasteiger partial charge is 0.375 e. The maximum Gasteiger partial charge on any atom is 0.246 e. The summed E-state index contributed by atoms with van der Waals surface area (Å²) in [7, 11) is 1.49. The highest BCUT2D eigenvalue weighted by molar-refractivity contribution is 5.82. The lowest BCUT2D eigenvalue weighted by Gasteiger charge is -2.35. The zero-order valence-electron chi connectivity index (χ0n) is 20.1. The van der Waals surface area contributed by atoms with Gasteiger partial charge in [-0.2, -0.15) is 0 Å². The Hall–Kier alpha value is -3.19. The zero-order chi connectivity index (χ0) is 23.9. The quantitative estimate of drug-likeness (QED) is 0.517. The third kappa shape index (κ3) is 5.65. The predicted octanol–water partition coefficient (Wildman–Crippen LogP) is 4.22. The number of carbonyl (C=O) groups is 2. The Morgan fingerprint density at radius 1 is 1.09 bits per heavy atom. The summed E-state index contributed by atoms with van der Waals surface area (Å²) >= 11 is 0. The molecular formula is C27H34N4O3. The van der Waals surface area contributed by atoms with Gasteiger partial charge in [-0.05, 0) is 37.5 Å². The van der Waals surface area contributed by atoms with Crippen LogP contribution in [0, 0.1) is 0 Å². The highest BCUT2D eigenvalue weighted by atomic mass is 16.5. The van der Waals surface area contributed by atoms with Crippen LogP contribution in [0.1, 0.15) is 56.5 Å². The van der Waals surface area contributed by atoms with Crippen molar-refractivity contribution < 1.29 is 14.3 Å². The van der Waals surface area contributed by atoms with E-state index in [1.54, 1.807) is 0 Å². The van der Waals surface area contributed by atoms with E-state index in [1.807, 2.05) is 54.0 Å². The van der Waals surface area contributed by atoms with Crippen molar-refractivity contribution in [3.63, 3.8) is 0 Å². The molecule has 2 aromatic carbocycles. The lowest BCUT2D eigenvalue weighted by atomic mass is 9.93. The SMILES string of the molecule is COCC(=O)NC(C)c1nc2ccccc2n1CC(=O)N(Cc1ccccc1)C1CCCCC1. The number of hydrogen-bond donors (Lipinski definition) is 1. The highest BCUT2D eigenvalue weighted by Gasteiger charge is 2.28. The van der Waals surface area contributed by atoms with Gasteiger partial charge in [0, 0.05) is 19.7 Å². The molecule has 0 bridgehead atoms. The van der Waals surface area contributed by atoms with Gasteiger partial charge >= 0.3 is 0 Å². The van der Waals surface area contributed by atoms with Gasteiger partial charge in [0.1, 0.15) is 19.0 Å². The van der Waals surface area contributed by atoms with Crippen LogP contribution in [0.4, 0.5) is 0 Å². The van der Waals surface area contributed by atoms with Gasteiger partial charge < -0.3 is 19.5 Å². The number of nitrogens with zero attached hydrogens (tertiary/aromatic N) is 3. The van der Waals surface area contributed by atoms with E-state index in [0.29, 0.717) is 12.4 Å². The number of methoxy groups -OCH3 is 1. The summed E-state index contributed by atoms with van der Waals surface area (Å²) in [6.45, 7) is 2.66. The summed E-state index contributed by atoms with van der Waals surface area (Å²) in [6, 6.07) is 17.9. The number of para-hydroxylation sites is 2. The van der Waals surface area contributed by atoms with Gasteiger partial charge in [-0.25, -0.2) is 4.98 Å². The van der Waals surface area contributed by atoms with Crippen LogP contribution in [0.15, 0.2) is 54.6 Å². The van der Waals surface area contributed by atoms with Crippen molar-refractivity contribution in [1.82, 2.24) is 19.8 Å². The summed E-state index contributed by atoms with van der Waals surface area (Å²) in [6.07, 6.45) is 5.63. The number of imidazole rings is 1.